The van der Waals surface area contributed by atoms with Gasteiger partial charge in [-0.15, -0.1) is 5.10 Å². The summed E-state index contributed by atoms with van der Waals surface area (Å²) in [5.74, 6) is 0. The molecule has 9 nitrogen and oxygen atoms in total. The molecule has 2 unspecified atom stereocenters. The van der Waals surface area contributed by atoms with E-state index in [0.717, 1.165) is 29.9 Å². The van der Waals surface area contributed by atoms with Crippen molar-refractivity contribution in [3.8, 4) is 5.69 Å². The number of piperazine rings is 1. The molecule has 0 spiro atoms. The summed E-state index contributed by atoms with van der Waals surface area (Å²) in [4.78, 5) is 16.6. The molecule has 0 saturated carbocycles. The van der Waals surface area contributed by atoms with Gasteiger partial charge in [-0.2, -0.15) is 0 Å². The average molecular weight is 400 g/mol. The van der Waals surface area contributed by atoms with Crippen LogP contribution in [-0.2, 0) is 9.47 Å². The summed E-state index contributed by atoms with van der Waals surface area (Å²) >= 11 is 0. The second-order valence-electron chi connectivity index (χ2n) is 8.64. The first-order valence-electron chi connectivity index (χ1n) is 9.98. The minimum Gasteiger partial charge on any atom is -0.444 e. The van der Waals surface area contributed by atoms with Gasteiger partial charge in [-0.3, -0.25) is 4.90 Å². The van der Waals surface area contributed by atoms with Gasteiger partial charge >= 0.3 is 6.09 Å². The van der Waals surface area contributed by atoms with Crippen LogP contribution in [0.1, 0.15) is 38.0 Å². The number of carbonyl (C=O) groups is 1. The summed E-state index contributed by atoms with van der Waals surface area (Å²) in [5.41, 5.74) is 2.72. The van der Waals surface area contributed by atoms with Gasteiger partial charge < -0.3 is 14.4 Å². The molecule has 4 rings (SSSR count). The van der Waals surface area contributed by atoms with Crippen molar-refractivity contribution < 1.29 is 14.3 Å². The zero-order chi connectivity index (χ0) is 20.6. The van der Waals surface area contributed by atoms with Crippen LogP contribution in [0.4, 0.5) is 4.79 Å². The maximum atomic E-state index is 12.4. The molecule has 156 valence electrons. The van der Waals surface area contributed by atoms with Crippen LogP contribution in [0.5, 0.6) is 0 Å². The molecule has 1 aromatic heterocycles. The normalized spacial score (nSPS) is 23.0. The van der Waals surface area contributed by atoms with Crippen molar-refractivity contribution in [3.63, 3.8) is 0 Å². The topological polar surface area (TPSA) is 85.6 Å². The van der Waals surface area contributed by atoms with Gasteiger partial charge in [-0.25, -0.2) is 9.48 Å². The quantitative estimate of drug-likeness (QED) is 0.762. The van der Waals surface area contributed by atoms with Crippen molar-refractivity contribution in [2.75, 3.05) is 32.8 Å². The molecule has 2 saturated heterocycles. The number of fused-ring (bicyclic) bond motifs is 1. The van der Waals surface area contributed by atoms with Gasteiger partial charge in [0.25, 0.3) is 0 Å². The molecule has 0 radical (unpaired) electrons. The molecule has 1 aromatic carbocycles. The van der Waals surface area contributed by atoms with E-state index in [4.69, 9.17) is 9.47 Å². The van der Waals surface area contributed by atoms with Gasteiger partial charge in [0.1, 0.15) is 11.9 Å². The highest BCUT2D eigenvalue weighted by atomic mass is 16.6. The number of morpholine rings is 1. The number of tetrazole rings is 1. The Morgan fingerprint density at radius 3 is 2.79 bits per heavy atom. The van der Waals surface area contributed by atoms with E-state index < -0.39 is 5.60 Å². The van der Waals surface area contributed by atoms with Gasteiger partial charge in [0, 0.05) is 26.2 Å². The van der Waals surface area contributed by atoms with E-state index in [1.807, 2.05) is 32.9 Å². The summed E-state index contributed by atoms with van der Waals surface area (Å²) in [6, 6.07) is 6.30. The fourth-order valence-corrected chi connectivity index (χ4v) is 3.97. The van der Waals surface area contributed by atoms with Crippen molar-refractivity contribution in [1.82, 2.24) is 30.0 Å². The number of ether oxygens (including phenoxy) is 2. The lowest BCUT2D eigenvalue weighted by Crippen LogP contribution is -2.60. The maximum Gasteiger partial charge on any atom is 0.410 e. The Labute approximate surface area is 170 Å². The molecular weight excluding hydrogens is 372 g/mol. The van der Waals surface area contributed by atoms with Crippen LogP contribution in [0.3, 0.4) is 0 Å². The lowest BCUT2D eigenvalue weighted by Gasteiger charge is -2.46. The lowest BCUT2D eigenvalue weighted by molar-refractivity contribution is -0.0908. The molecule has 2 aliphatic heterocycles. The molecule has 2 aromatic rings. The van der Waals surface area contributed by atoms with Gasteiger partial charge in [0.2, 0.25) is 0 Å². The average Bonchev–Trinajstić information content (AvgIpc) is 3.20. The van der Waals surface area contributed by atoms with Crippen LogP contribution < -0.4 is 0 Å². The van der Waals surface area contributed by atoms with Crippen LogP contribution in [0.2, 0.25) is 0 Å². The third-order valence-electron chi connectivity index (χ3n) is 5.44. The summed E-state index contributed by atoms with van der Waals surface area (Å²) in [7, 11) is 0. The first kappa shape index (κ1) is 19.8. The van der Waals surface area contributed by atoms with Crippen LogP contribution >= 0.6 is 0 Å². The van der Waals surface area contributed by atoms with Gasteiger partial charge in [0.05, 0.1) is 24.4 Å². The van der Waals surface area contributed by atoms with Gasteiger partial charge in [0.15, 0.2) is 0 Å². The molecule has 9 heteroatoms. The molecule has 1 amide bonds. The molecular formula is C20H28N6O3. The molecule has 2 atom stereocenters. The van der Waals surface area contributed by atoms with E-state index in [0.29, 0.717) is 19.7 Å². The third-order valence-corrected chi connectivity index (χ3v) is 5.44. The van der Waals surface area contributed by atoms with Crippen LogP contribution in [-0.4, -0.2) is 80.5 Å². The van der Waals surface area contributed by atoms with E-state index in [1.165, 1.54) is 0 Å². The van der Waals surface area contributed by atoms with Crippen molar-refractivity contribution in [3.05, 3.63) is 35.7 Å². The third kappa shape index (κ3) is 4.25. The highest BCUT2D eigenvalue weighted by molar-refractivity contribution is 5.68. The number of hydrogen-bond acceptors (Lipinski definition) is 7. The van der Waals surface area contributed by atoms with E-state index >= 15 is 0 Å². The molecule has 2 aliphatic rings. The predicted molar refractivity (Wildman–Crippen MR) is 106 cm³/mol. The second kappa shape index (κ2) is 7.72. The number of benzene rings is 1. The molecule has 0 aliphatic carbocycles. The fraction of sp³-hybridized carbons (Fsp3) is 0.600. The second-order valence-corrected chi connectivity index (χ2v) is 8.64. The van der Waals surface area contributed by atoms with E-state index in [9.17, 15) is 4.79 Å². The fourth-order valence-electron chi connectivity index (χ4n) is 3.97. The largest absolute Gasteiger partial charge is 0.444 e. The minimum absolute atomic E-state index is 0.0178. The Balaban J connectivity index is 1.43. The van der Waals surface area contributed by atoms with Gasteiger partial charge in [-0.05, 0) is 55.3 Å². The summed E-state index contributed by atoms with van der Waals surface area (Å²) < 4.78 is 13.4. The molecule has 2 fully saturated rings. The van der Waals surface area contributed by atoms with E-state index in [2.05, 4.69) is 33.4 Å². The Hall–Kier alpha value is -2.52. The summed E-state index contributed by atoms with van der Waals surface area (Å²) in [6.07, 6.45) is 1.33. The highest BCUT2D eigenvalue weighted by Gasteiger charge is 2.37. The monoisotopic (exact) mass is 400 g/mol. The number of amides is 1. The van der Waals surface area contributed by atoms with Crippen LogP contribution in [0.25, 0.3) is 5.69 Å². The number of hydrogen-bond donors (Lipinski definition) is 0. The number of nitrogens with zero attached hydrogens (tertiary/aromatic N) is 6. The number of rotatable bonds is 2. The molecule has 0 N–H and O–H groups in total. The standard InChI is InChI=1S/C20H28N6O3/c1-14-16(6-5-7-17(14)26-13-21-22-23-26)18-11-24-8-9-25(10-15(24)12-28-18)19(27)29-20(2,3)4/h5-7,13,15,18H,8-12H2,1-4H3. The smallest absolute Gasteiger partial charge is 0.410 e. The van der Waals surface area contributed by atoms with Crippen molar-refractivity contribution in [1.29, 1.82) is 0 Å². The Morgan fingerprint density at radius 1 is 1.24 bits per heavy atom. The SMILES string of the molecule is Cc1c(C2CN3CCN(C(=O)OC(C)(C)C)CC3CO2)cccc1-n1cnnn1. The van der Waals surface area contributed by atoms with Gasteiger partial charge in [-0.1, -0.05) is 12.1 Å². The highest BCUT2D eigenvalue weighted by Crippen LogP contribution is 2.31. The molecule has 3 heterocycles. The van der Waals surface area contributed by atoms with Crippen LogP contribution in [0, 0.1) is 6.92 Å². The number of aromatic nitrogens is 4. The summed E-state index contributed by atoms with van der Waals surface area (Å²) in [5, 5.41) is 11.5. The van der Waals surface area contributed by atoms with E-state index in [-0.39, 0.29) is 18.2 Å². The Bertz CT molecular complexity index is 864. The van der Waals surface area contributed by atoms with Crippen molar-refractivity contribution in [2.45, 2.75) is 45.4 Å². The first-order valence-corrected chi connectivity index (χ1v) is 9.98. The number of carbonyl (C=O) groups excluding carboxylic acids is 1. The zero-order valence-electron chi connectivity index (χ0n) is 17.4. The maximum absolute atomic E-state index is 12.4. The minimum atomic E-state index is -0.482. The molecule has 0 bridgehead atoms. The lowest BCUT2D eigenvalue weighted by atomic mass is 9.98. The predicted octanol–water partition coefficient (Wildman–Crippen LogP) is 1.96. The Kier molecular flexibility index (Phi) is 5.26. The van der Waals surface area contributed by atoms with Crippen molar-refractivity contribution >= 4 is 6.09 Å². The zero-order valence-corrected chi connectivity index (χ0v) is 17.4. The molecule has 29 heavy (non-hydrogen) atoms. The van der Waals surface area contributed by atoms with Crippen LogP contribution in [0.15, 0.2) is 24.5 Å². The van der Waals surface area contributed by atoms with E-state index in [1.54, 1.807) is 15.9 Å². The Morgan fingerprint density at radius 2 is 2.07 bits per heavy atom. The van der Waals surface area contributed by atoms with Crippen molar-refractivity contribution in [2.24, 2.45) is 0 Å². The summed E-state index contributed by atoms with van der Waals surface area (Å²) in [6.45, 7) is 11.2. The first-order chi connectivity index (χ1) is 13.8.